The highest BCUT2D eigenvalue weighted by Gasteiger charge is 2.55. The Hall–Kier alpha value is -1.13. The smallest absolute Gasteiger partial charge is 0.313 e. The third-order valence-corrected chi connectivity index (χ3v) is 7.88. The number of ether oxygens (including phenoxy) is 1. The van der Waals surface area contributed by atoms with E-state index in [9.17, 15) is 4.79 Å². The Morgan fingerprint density at radius 2 is 1.76 bits per heavy atom. The van der Waals surface area contributed by atoms with Crippen LogP contribution in [0.1, 0.15) is 71.3 Å². The zero-order valence-corrected chi connectivity index (χ0v) is 19.7. The summed E-state index contributed by atoms with van der Waals surface area (Å²) < 4.78 is 7.43. The molecule has 3 aliphatic rings. The molecule has 0 amide bonds. The Morgan fingerprint density at radius 3 is 2.34 bits per heavy atom. The molecule has 160 valence electrons. The summed E-state index contributed by atoms with van der Waals surface area (Å²) in [6.45, 7) is 8.30. The molecule has 4 rings (SSSR count). The van der Waals surface area contributed by atoms with E-state index in [4.69, 9.17) is 4.74 Å². The van der Waals surface area contributed by atoms with E-state index in [0.717, 1.165) is 32.1 Å². The van der Waals surface area contributed by atoms with Gasteiger partial charge in [-0.25, -0.2) is 0 Å². The molecule has 0 radical (unpaired) electrons. The van der Waals surface area contributed by atoms with Crippen molar-refractivity contribution in [1.29, 1.82) is 0 Å². The Kier molecular flexibility index (Phi) is 7.27. The van der Waals surface area contributed by atoms with Crippen LogP contribution >= 0.6 is 0 Å². The Labute approximate surface area is 186 Å². The van der Waals surface area contributed by atoms with Crippen molar-refractivity contribution in [3.05, 3.63) is 42.0 Å². The number of halogens is 1. The second-order valence-electron chi connectivity index (χ2n) is 9.33. The molecule has 0 saturated carbocycles. The number of hydrogen-bond acceptors (Lipinski definition) is 2. The highest BCUT2D eigenvalue weighted by Crippen LogP contribution is 2.45. The SMILES string of the molecule is CC[N+]1(C(C)C)C2CCC1CC(OC(=O)C1CCCC=C1c1ccccc1)C2.[Br-]. The van der Waals surface area contributed by atoms with Gasteiger partial charge in [-0.1, -0.05) is 36.4 Å². The van der Waals surface area contributed by atoms with Crippen molar-refractivity contribution >= 4 is 11.5 Å². The second-order valence-corrected chi connectivity index (χ2v) is 9.33. The number of piperidine rings is 1. The lowest BCUT2D eigenvalue weighted by Crippen LogP contribution is -3.00. The van der Waals surface area contributed by atoms with Crippen LogP contribution in [0.3, 0.4) is 0 Å². The number of carbonyl (C=O) groups is 1. The standard InChI is InChI=1S/C25H36NO2.BrH/c1-4-26(18(2)3)20-14-15-21(26)17-22(16-20)28-25(27)24-13-9-8-12-23(24)19-10-6-5-7-11-19;/h5-7,10-12,18,20-22,24H,4,8-9,13-17H2,1-3H3;1H/q+1;/p-1. The van der Waals surface area contributed by atoms with E-state index in [-0.39, 0.29) is 35.0 Å². The first-order valence-corrected chi connectivity index (χ1v) is 11.4. The van der Waals surface area contributed by atoms with Crippen LogP contribution in [0.2, 0.25) is 0 Å². The molecule has 0 spiro atoms. The largest absolute Gasteiger partial charge is 1.00 e. The van der Waals surface area contributed by atoms with Gasteiger partial charge in [-0.3, -0.25) is 4.79 Å². The van der Waals surface area contributed by atoms with Crippen molar-refractivity contribution in [2.24, 2.45) is 5.92 Å². The number of hydrogen-bond donors (Lipinski definition) is 0. The Bertz CT molecular complexity index is 716. The summed E-state index contributed by atoms with van der Waals surface area (Å²) in [6.07, 6.45) is 10.1. The van der Waals surface area contributed by atoms with Gasteiger partial charge >= 0.3 is 5.97 Å². The van der Waals surface area contributed by atoms with E-state index >= 15 is 0 Å². The first kappa shape index (κ1) is 22.6. The number of quaternary nitrogens is 1. The van der Waals surface area contributed by atoms with Gasteiger partial charge in [0.2, 0.25) is 0 Å². The highest BCUT2D eigenvalue weighted by atomic mass is 79.9. The number of rotatable bonds is 5. The predicted octanol–water partition coefficient (Wildman–Crippen LogP) is 2.36. The Morgan fingerprint density at radius 1 is 1.10 bits per heavy atom. The minimum atomic E-state index is -0.0914. The van der Waals surface area contributed by atoms with Crippen molar-refractivity contribution in [3.63, 3.8) is 0 Å². The third-order valence-electron chi connectivity index (χ3n) is 7.88. The first-order chi connectivity index (χ1) is 13.6. The number of fused-ring (bicyclic) bond motifs is 2. The van der Waals surface area contributed by atoms with Crippen molar-refractivity contribution in [1.82, 2.24) is 0 Å². The van der Waals surface area contributed by atoms with Crippen LogP contribution < -0.4 is 17.0 Å². The van der Waals surface area contributed by atoms with Crippen LogP contribution in [-0.2, 0) is 9.53 Å². The van der Waals surface area contributed by atoms with E-state index in [1.807, 2.05) is 6.07 Å². The molecular weight excluding hydrogens is 426 g/mol. The van der Waals surface area contributed by atoms with Gasteiger partial charge in [0, 0.05) is 25.7 Å². The molecule has 29 heavy (non-hydrogen) atoms. The number of nitrogens with zero attached hydrogens (tertiary/aromatic N) is 1. The van der Waals surface area contributed by atoms with Gasteiger partial charge in [0.25, 0.3) is 0 Å². The van der Waals surface area contributed by atoms with Crippen molar-refractivity contribution < 1.29 is 31.0 Å². The average molecular weight is 462 g/mol. The summed E-state index contributed by atoms with van der Waals surface area (Å²) in [5.41, 5.74) is 2.35. The van der Waals surface area contributed by atoms with Crippen molar-refractivity contribution in [2.45, 2.75) is 89.9 Å². The maximum Gasteiger partial charge on any atom is 0.313 e. The number of carbonyl (C=O) groups excluding carboxylic acids is 1. The molecule has 2 heterocycles. The molecule has 2 fully saturated rings. The molecule has 2 aliphatic heterocycles. The van der Waals surface area contributed by atoms with Crippen LogP contribution in [0.5, 0.6) is 0 Å². The normalized spacial score (nSPS) is 33.7. The summed E-state index contributed by atoms with van der Waals surface area (Å²) >= 11 is 0. The topological polar surface area (TPSA) is 26.3 Å². The fraction of sp³-hybridized carbons (Fsp3) is 0.640. The van der Waals surface area contributed by atoms with Gasteiger partial charge in [-0.2, -0.15) is 0 Å². The van der Waals surface area contributed by atoms with Crippen LogP contribution in [0.4, 0.5) is 0 Å². The van der Waals surface area contributed by atoms with E-state index in [1.165, 1.54) is 35.0 Å². The van der Waals surface area contributed by atoms with Crippen molar-refractivity contribution in [2.75, 3.05) is 6.54 Å². The lowest BCUT2D eigenvalue weighted by atomic mass is 9.83. The number of esters is 1. The minimum absolute atomic E-state index is 0. The fourth-order valence-electron chi connectivity index (χ4n) is 6.63. The fourth-order valence-corrected chi connectivity index (χ4v) is 6.63. The molecule has 0 N–H and O–H groups in total. The maximum atomic E-state index is 13.2. The molecule has 2 bridgehead atoms. The van der Waals surface area contributed by atoms with Gasteiger partial charge < -0.3 is 26.2 Å². The monoisotopic (exact) mass is 461 g/mol. The minimum Gasteiger partial charge on any atom is -1.00 e. The zero-order valence-electron chi connectivity index (χ0n) is 18.1. The molecule has 3 nitrogen and oxygen atoms in total. The number of benzene rings is 1. The van der Waals surface area contributed by atoms with Crippen molar-refractivity contribution in [3.8, 4) is 0 Å². The average Bonchev–Trinajstić information content (AvgIpc) is 2.92. The van der Waals surface area contributed by atoms with Gasteiger partial charge in [-0.05, 0) is 51.2 Å². The predicted molar refractivity (Wildman–Crippen MR) is 114 cm³/mol. The molecule has 1 aromatic carbocycles. The second kappa shape index (κ2) is 9.34. The van der Waals surface area contributed by atoms with Gasteiger partial charge in [-0.15, -0.1) is 0 Å². The molecule has 0 aromatic heterocycles. The molecule has 1 aliphatic carbocycles. The zero-order chi connectivity index (χ0) is 19.7. The first-order valence-electron chi connectivity index (χ1n) is 11.4. The lowest BCUT2D eigenvalue weighted by molar-refractivity contribution is -0.983. The molecule has 3 unspecified atom stereocenters. The van der Waals surface area contributed by atoms with Crippen LogP contribution in [0.15, 0.2) is 36.4 Å². The van der Waals surface area contributed by atoms with E-state index in [1.54, 1.807) is 0 Å². The van der Waals surface area contributed by atoms with Crippen LogP contribution in [-0.4, -0.2) is 41.2 Å². The Balaban J connectivity index is 0.00000240. The van der Waals surface area contributed by atoms with E-state index in [0.29, 0.717) is 18.1 Å². The lowest BCUT2D eigenvalue weighted by Gasteiger charge is -2.52. The van der Waals surface area contributed by atoms with Gasteiger partial charge in [0.05, 0.1) is 30.6 Å². The van der Waals surface area contributed by atoms with E-state index in [2.05, 4.69) is 51.1 Å². The summed E-state index contributed by atoms with van der Waals surface area (Å²) in [5, 5.41) is 0. The van der Waals surface area contributed by atoms with Crippen LogP contribution in [0, 0.1) is 5.92 Å². The highest BCUT2D eigenvalue weighted by molar-refractivity contribution is 5.89. The molecule has 1 aromatic rings. The maximum absolute atomic E-state index is 13.2. The number of allylic oxidation sites excluding steroid dienone is 1. The van der Waals surface area contributed by atoms with E-state index < -0.39 is 0 Å². The molecule has 4 heteroatoms. The quantitative estimate of drug-likeness (QED) is 0.496. The third kappa shape index (κ3) is 4.07. The summed E-state index contributed by atoms with van der Waals surface area (Å²) in [5.74, 6) is -0.0773. The molecule has 3 atom stereocenters. The molecule has 2 saturated heterocycles. The summed E-state index contributed by atoms with van der Waals surface area (Å²) in [6, 6.07) is 12.4. The van der Waals surface area contributed by atoms with Crippen LogP contribution in [0.25, 0.3) is 5.57 Å². The van der Waals surface area contributed by atoms with Gasteiger partial charge in [0.15, 0.2) is 0 Å². The molecular formula is C25H36BrNO2. The summed E-state index contributed by atoms with van der Waals surface area (Å²) in [4.78, 5) is 13.2. The van der Waals surface area contributed by atoms with Gasteiger partial charge in [0.1, 0.15) is 6.10 Å². The summed E-state index contributed by atoms with van der Waals surface area (Å²) in [7, 11) is 0.